The maximum Gasteiger partial charge on any atom is 0.175 e. The number of carbonyl (C=O) groups excluding carboxylic acids is 1. The lowest BCUT2D eigenvalue weighted by Gasteiger charge is -2.06. The van der Waals surface area contributed by atoms with Crippen LogP contribution in [-0.2, 0) is 0 Å². The smallest absolute Gasteiger partial charge is 0.175 e. The topological polar surface area (TPSA) is 17.1 Å². The third-order valence-electron chi connectivity index (χ3n) is 1.70. The van der Waals surface area contributed by atoms with Gasteiger partial charge in [0.2, 0.25) is 0 Å². The molecule has 0 fully saturated rings. The van der Waals surface area contributed by atoms with E-state index in [0.29, 0.717) is 15.9 Å². The highest BCUT2D eigenvalue weighted by atomic mass is 127. The van der Waals surface area contributed by atoms with Gasteiger partial charge in [0, 0.05) is 9.13 Å². The number of rotatable bonds is 2. The molecule has 1 aromatic carbocycles. The third kappa shape index (κ3) is 2.44. The molecule has 0 aromatic heterocycles. The Balaban J connectivity index is 3.33. The average Bonchev–Trinajstić information content (AvgIpc) is 2.12. The zero-order chi connectivity index (χ0) is 10.0. The van der Waals surface area contributed by atoms with Crippen molar-refractivity contribution in [1.82, 2.24) is 0 Å². The van der Waals surface area contributed by atoms with Crippen LogP contribution < -0.4 is 0 Å². The van der Waals surface area contributed by atoms with Crippen LogP contribution in [0.4, 0.5) is 0 Å². The van der Waals surface area contributed by atoms with Gasteiger partial charge in [-0.3, -0.25) is 4.79 Å². The van der Waals surface area contributed by atoms with Gasteiger partial charge < -0.3 is 0 Å². The van der Waals surface area contributed by atoms with E-state index >= 15 is 0 Å². The summed E-state index contributed by atoms with van der Waals surface area (Å²) in [6, 6.07) is 3.81. The van der Waals surface area contributed by atoms with Crippen molar-refractivity contribution in [3.8, 4) is 0 Å². The molecule has 0 N–H and O–H groups in total. The van der Waals surface area contributed by atoms with Crippen molar-refractivity contribution >= 4 is 55.9 Å². The van der Waals surface area contributed by atoms with Crippen LogP contribution in [0.5, 0.6) is 0 Å². The van der Waals surface area contributed by atoms with E-state index in [9.17, 15) is 4.79 Å². The summed E-state index contributed by atoms with van der Waals surface area (Å²) >= 11 is 11.3. The van der Waals surface area contributed by atoms with Gasteiger partial charge in [0.25, 0.3) is 0 Å². The fraction of sp³-hybridized carbons (Fsp3) is 0.222. The summed E-state index contributed by atoms with van der Waals surface area (Å²) in [5.41, 5.74) is 1.56. The Labute approximate surface area is 104 Å². The van der Waals surface area contributed by atoms with Gasteiger partial charge in [-0.05, 0) is 41.1 Å². The minimum absolute atomic E-state index is 0.0287. The van der Waals surface area contributed by atoms with Crippen LogP contribution in [-0.4, -0.2) is 11.1 Å². The lowest BCUT2D eigenvalue weighted by molar-refractivity contribution is 0.102. The summed E-state index contributed by atoms with van der Waals surface area (Å²) in [5.74, 6) is 0.0287. The van der Waals surface area contributed by atoms with E-state index in [-0.39, 0.29) is 5.78 Å². The second-order valence-electron chi connectivity index (χ2n) is 2.61. The van der Waals surface area contributed by atoms with Crippen molar-refractivity contribution in [3.05, 3.63) is 31.9 Å². The van der Waals surface area contributed by atoms with Gasteiger partial charge in [0.05, 0.1) is 10.4 Å². The number of carbonyl (C=O) groups is 1. The van der Waals surface area contributed by atoms with E-state index in [1.54, 1.807) is 0 Å². The second-order valence-corrected chi connectivity index (χ2v) is 4.71. The van der Waals surface area contributed by atoms with Gasteiger partial charge >= 0.3 is 0 Å². The number of ketones is 1. The molecular formula is C9H7BrClIO. The maximum atomic E-state index is 11.5. The van der Waals surface area contributed by atoms with Crippen LogP contribution in [0, 0.1) is 10.5 Å². The fourth-order valence-electron chi connectivity index (χ4n) is 1.06. The van der Waals surface area contributed by atoms with Crippen LogP contribution in [0.15, 0.2) is 12.1 Å². The summed E-state index contributed by atoms with van der Waals surface area (Å²) < 4.78 is 0.911. The molecular weight excluding hydrogens is 366 g/mol. The largest absolute Gasteiger partial charge is 0.293 e. The van der Waals surface area contributed by atoms with E-state index in [2.05, 4.69) is 38.5 Å². The van der Waals surface area contributed by atoms with E-state index in [1.165, 1.54) is 0 Å². The molecule has 0 radical (unpaired) electrons. The van der Waals surface area contributed by atoms with Crippen molar-refractivity contribution in [1.29, 1.82) is 0 Å². The monoisotopic (exact) mass is 372 g/mol. The molecule has 0 saturated heterocycles. The van der Waals surface area contributed by atoms with E-state index in [0.717, 1.165) is 9.13 Å². The highest BCUT2D eigenvalue weighted by Crippen LogP contribution is 2.26. The first kappa shape index (κ1) is 11.5. The van der Waals surface area contributed by atoms with Gasteiger partial charge in [-0.15, -0.1) is 0 Å². The summed E-state index contributed by atoms with van der Waals surface area (Å²) in [6.45, 7) is 1.89. The SMILES string of the molecule is Cc1ccc(I)c(Cl)c1C(=O)CBr. The van der Waals surface area contributed by atoms with Crippen LogP contribution >= 0.6 is 50.1 Å². The van der Waals surface area contributed by atoms with Crippen LogP contribution in [0.1, 0.15) is 15.9 Å². The maximum absolute atomic E-state index is 11.5. The Morgan fingerprint density at radius 3 is 2.77 bits per heavy atom. The molecule has 0 spiro atoms. The first-order valence-corrected chi connectivity index (χ1v) is 6.19. The van der Waals surface area contributed by atoms with E-state index in [4.69, 9.17) is 11.6 Å². The molecule has 0 saturated carbocycles. The first-order chi connectivity index (χ1) is 6.07. The quantitative estimate of drug-likeness (QED) is 0.437. The highest BCUT2D eigenvalue weighted by Gasteiger charge is 2.13. The van der Waals surface area contributed by atoms with Gasteiger partial charge in [0.15, 0.2) is 5.78 Å². The molecule has 0 atom stereocenters. The lowest BCUT2D eigenvalue weighted by Crippen LogP contribution is -2.04. The summed E-state index contributed by atoms with van der Waals surface area (Å²) in [7, 11) is 0. The fourth-order valence-corrected chi connectivity index (χ4v) is 2.10. The zero-order valence-electron chi connectivity index (χ0n) is 6.90. The molecule has 0 aliphatic rings. The predicted octanol–water partition coefficient (Wildman–Crippen LogP) is 3.83. The standard InChI is InChI=1S/C9H7BrClIO/c1-5-2-3-6(12)9(11)8(5)7(13)4-10/h2-3H,4H2,1H3. The molecule has 4 heteroatoms. The van der Waals surface area contributed by atoms with Gasteiger partial charge in [-0.1, -0.05) is 33.6 Å². The molecule has 0 aliphatic carbocycles. The molecule has 1 nitrogen and oxygen atoms in total. The van der Waals surface area contributed by atoms with Gasteiger partial charge in [-0.25, -0.2) is 0 Å². The first-order valence-electron chi connectivity index (χ1n) is 3.61. The Hall–Kier alpha value is 0.390. The molecule has 0 bridgehead atoms. The molecule has 13 heavy (non-hydrogen) atoms. The number of hydrogen-bond donors (Lipinski definition) is 0. The number of benzene rings is 1. The van der Waals surface area contributed by atoms with Crippen molar-refractivity contribution in [3.63, 3.8) is 0 Å². The van der Waals surface area contributed by atoms with Crippen LogP contribution in [0.25, 0.3) is 0 Å². The Kier molecular flexibility index (Phi) is 4.19. The summed E-state index contributed by atoms with van der Waals surface area (Å²) in [4.78, 5) is 11.5. The molecule has 0 amide bonds. The normalized spacial score (nSPS) is 10.2. The molecule has 70 valence electrons. The van der Waals surface area contributed by atoms with Crippen molar-refractivity contribution in [2.75, 3.05) is 5.33 Å². The third-order valence-corrected chi connectivity index (χ3v) is 3.82. The lowest BCUT2D eigenvalue weighted by atomic mass is 10.1. The molecule has 0 heterocycles. The number of aryl methyl sites for hydroxylation is 1. The van der Waals surface area contributed by atoms with Gasteiger partial charge in [-0.2, -0.15) is 0 Å². The van der Waals surface area contributed by atoms with Crippen LogP contribution in [0.2, 0.25) is 5.02 Å². The average molecular weight is 373 g/mol. The summed E-state index contributed by atoms with van der Waals surface area (Å²) in [6.07, 6.45) is 0. The zero-order valence-corrected chi connectivity index (χ0v) is 11.4. The van der Waals surface area contributed by atoms with Crippen LogP contribution in [0.3, 0.4) is 0 Å². The van der Waals surface area contributed by atoms with Crippen molar-refractivity contribution in [2.24, 2.45) is 0 Å². The number of halogens is 3. The van der Waals surface area contributed by atoms with E-state index in [1.807, 2.05) is 19.1 Å². The molecule has 1 rings (SSSR count). The number of Topliss-reactive ketones (excluding diaryl/α,β-unsaturated/α-hetero) is 1. The minimum atomic E-state index is 0.0287. The van der Waals surface area contributed by atoms with Crippen molar-refractivity contribution < 1.29 is 4.79 Å². The highest BCUT2D eigenvalue weighted by molar-refractivity contribution is 14.1. The number of hydrogen-bond acceptors (Lipinski definition) is 1. The van der Waals surface area contributed by atoms with Crippen molar-refractivity contribution in [2.45, 2.75) is 6.92 Å². The Morgan fingerprint density at radius 2 is 2.23 bits per heavy atom. The molecule has 1 aromatic rings. The molecule has 0 aliphatic heterocycles. The second kappa shape index (κ2) is 4.75. The summed E-state index contributed by atoms with van der Waals surface area (Å²) in [5, 5.41) is 0.873. The van der Waals surface area contributed by atoms with Gasteiger partial charge in [0.1, 0.15) is 0 Å². The predicted molar refractivity (Wildman–Crippen MR) is 67.0 cm³/mol. The Morgan fingerprint density at radius 1 is 1.62 bits per heavy atom. The molecule has 0 unspecified atom stereocenters. The number of alkyl halides is 1. The minimum Gasteiger partial charge on any atom is -0.293 e. The Bertz CT molecular complexity index is 352. The van der Waals surface area contributed by atoms with E-state index < -0.39 is 0 Å².